The molecule has 0 saturated carbocycles. The van der Waals surface area contributed by atoms with Gasteiger partial charge in [0.25, 0.3) is 0 Å². The molecule has 0 atom stereocenters. The maximum Gasteiger partial charge on any atom is 0.191 e. The standard InChI is InChI=1S/C19H27N7.HI/c1-19(2,3)24-18(22-4)23-12-8-11-16-15(13-20)17(21)26(25-16)14-9-6-5-7-10-14;/h5-7,9-10H,8,11-12,21H2,1-4H3,(H2,22,23,24);1H. The zero-order chi connectivity index (χ0) is 19.2. The Morgan fingerprint density at radius 1 is 1.30 bits per heavy atom. The third-order valence-corrected chi connectivity index (χ3v) is 3.71. The summed E-state index contributed by atoms with van der Waals surface area (Å²) >= 11 is 0. The van der Waals surface area contributed by atoms with Crippen LogP contribution < -0.4 is 16.4 Å². The summed E-state index contributed by atoms with van der Waals surface area (Å²) in [6.07, 6.45) is 1.47. The molecule has 0 aliphatic carbocycles. The molecule has 0 saturated heterocycles. The summed E-state index contributed by atoms with van der Waals surface area (Å²) in [6, 6.07) is 11.8. The van der Waals surface area contributed by atoms with E-state index in [2.05, 4.69) is 47.6 Å². The van der Waals surface area contributed by atoms with Gasteiger partial charge >= 0.3 is 0 Å². The molecule has 7 nitrogen and oxygen atoms in total. The highest BCUT2D eigenvalue weighted by molar-refractivity contribution is 14.0. The average molecular weight is 481 g/mol. The molecule has 27 heavy (non-hydrogen) atoms. The number of para-hydroxylation sites is 1. The summed E-state index contributed by atoms with van der Waals surface area (Å²) in [5.74, 6) is 1.14. The number of benzene rings is 1. The Labute approximate surface area is 178 Å². The molecule has 0 spiro atoms. The lowest BCUT2D eigenvalue weighted by molar-refractivity contribution is 0.501. The molecule has 4 N–H and O–H groups in total. The van der Waals surface area contributed by atoms with Gasteiger partial charge in [-0.1, -0.05) is 18.2 Å². The molecule has 0 unspecified atom stereocenters. The fourth-order valence-corrected chi connectivity index (χ4v) is 2.54. The molecule has 0 amide bonds. The van der Waals surface area contributed by atoms with Gasteiger partial charge in [-0.3, -0.25) is 4.99 Å². The Kier molecular flexibility index (Phi) is 8.56. The van der Waals surface area contributed by atoms with Crippen LogP contribution in [-0.2, 0) is 6.42 Å². The first kappa shape index (κ1) is 22.8. The second kappa shape index (κ2) is 10.2. The van der Waals surface area contributed by atoms with Crippen LogP contribution in [0, 0.1) is 11.3 Å². The van der Waals surface area contributed by atoms with E-state index in [0.29, 0.717) is 17.8 Å². The minimum Gasteiger partial charge on any atom is -0.382 e. The van der Waals surface area contributed by atoms with Crippen LogP contribution in [0.5, 0.6) is 0 Å². The van der Waals surface area contributed by atoms with Crippen molar-refractivity contribution in [3.63, 3.8) is 0 Å². The van der Waals surface area contributed by atoms with Gasteiger partial charge in [-0.2, -0.15) is 10.4 Å². The Morgan fingerprint density at radius 3 is 2.52 bits per heavy atom. The van der Waals surface area contributed by atoms with E-state index in [1.807, 2.05) is 30.3 Å². The molecular formula is C19H28IN7. The maximum atomic E-state index is 9.44. The fourth-order valence-electron chi connectivity index (χ4n) is 2.54. The van der Waals surface area contributed by atoms with Gasteiger partial charge < -0.3 is 16.4 Å². The van der Waals surface area contributed by atoms with Crippen LogP contribution in [0.15, 0.2) is 35.3 Å². The predicted octanol–water partition coefficient (Wildman–Crippen LogP) is 2.84. The monoisotopic (exact) mass is 481 g/mol. The van der Waals surface area contributed by atoms with Crippen LogP contribution in [0.1, 0.15) is 38.4 Å². The van der Waals surface area contributed by atoms with E-state index in [9.17, 15) is 5.26 Å². The second-order valence-corrected chi connectivity index (χ2v) is 7.04. The van der Waals surface area contributed by atoms with Crippen LogP contribution in [0.2, 0.25) is 0 Å². The third-order valence-electron chi connectivity index (χ3n) is 3.71. The first-order valence-corrected chi connectivity index (χ1v) is 8.67. The van der Waals surface area contributed by atoms with E-state index in [0.717, 1.165) is 30.3 Å². The first-order chi connectivity index (χ1) is 12.4. The van der Waals surface area contributed by atoms with Crippen molar-refractivity contribution in [3.05, 3.63) is 41.6 Å². The number of anilines is 1. The summed E-state index contributed by atoms with van der Waals surface area (Å²) in [7, 11) is 1.75. The number of nitriles is 1. The van der Waals surface area contributed by atoms with Crippen molar-refractivity contribution in [1.82, 2.24) is 20.4 Å². The summed E-state index contributed by atoms with van der Waals surface area (Å²) in [5, 5.41) is 20.6. The van der Waals surface area contributed by atoms with Crippen LogP contribution >= 0.6 is 24.0 Å². The summed E-state index contributed by atoms with van der Waals surface area (Å²) < 4.78 is 1.63. The van der Waals surface area contributed by atoms with Gasteiger partial charge in [0.05, 0.1) is 11.4 Å². The molecule has 2 aromatic rings. The molecule has 1 aromatic heterocycles. The van der Waals surface area contributed by atoms with Crippen LogP contribution in [0.25, 0.3) is 5.69 Å². The van der Waals surface area contributed by atoms with E-state index >= 15 is 0 Å². The van der Waals surface area contributed by atoms with Gasteiger partial charge in [0, 0.05) is 19.1 Å². The smallest absolute Gasteiger partial charge is 0.191 e. The van der Waals surface area contributed by atoms with Gasteiger partial charge in [-0.15, -0.1) is 24.0 Å². The molecule has 8 heteroatoms. The molecule has 0 aliphatic heterocycles. The van der Waals surface area contributed by atoms with Gasteiger partial charge in [0.15, 0.2) is 5.96 Å². The zero-order valence-corrected chi connectivity index (χ0v) is 18.6. The Hall–Kier alpha value is -2.28. The lowest BCUT2D eigenvalue weighted by Crippen LogP contribution is -2.47. The van der Waals surface area contributed by atoms with Crippen molar-refractivity contribution < 1.29 is 0 Å². The third kappa shape index (κ3) is 6.43. The number of nitrogens with two attached hydrogens (primary N) is 1. The van der Waals surface area contributed by atoms with E-state index < -0.39 is 0 Å². The summed E-state index contributed by atoms with van der Waals surface area (Å²) in [6.45, 7) is 6.97. The normalized spacial score (nSPS) is 11.4. The molecule has 1 aromatic carbocycles. The minimum absolute atomic E-state index is 0. The van der Waals surface area contributed by atoms with E-state index in [4.69, 9.17) is 5.73 Å². The SMILES string of the molecule is CN=C(NCCCc1nn(-c2ccccc2)c(N)c1C#N)NC(C)(C)C.I. The molecule has 146 valence electrons. The summed E-state index contributed by atoms with van der Waals surface area (Å²) in [5.41, 5.74) is 8.08. The largest absolute Gasteiger partial charge is 0.382 e. The van der Waals surface area contributed by atoms with Gasteiger partial charge in [0.1, 0.15) is 17.5 Å². The number of hydrogen-bond donors (Lipinski definition) is 3. The van der Waals surface area contributed by atoms with Crippen molar-refractivity contribution in [2.75, 3.05) is 19.3 Å². The molecular weight excluding hydrogens is 453 g/mol. The van der Waals surface area contributed by atoms with Crippen LogP contribution in [0.3, 0.4) is 0 Å². The fraction of sp³-hybridized carbons (Fsp3) is 0.421. The molecule has 2 rings (SSSR count). The van der Waals surface area contributed by atoms with E-state index in [1.165, 1.54) is 0 Å². The molecule has 0 aliphatic rings. The lowest BCUT2D eigenvalue weighted by atomic mass is 10.1. The summed E-state index contributed by atoms with van der Waals surface area (Å²) in [4.78, 5) is 4.21. The predicted molar refractivity (Wildman–Crippen MR) is 121 cm³/mol. The minimum atomic E-state index is -0.0568. The highest BCUT2D eigenvalue weighted by atomic mass is 127. The van der Waals surface area contributed by atoms with Crippen LogP contribution in [-0.4, -0.2) is 34.9 Å². The number of aliphatic imine (C=N–C) groups is 1. The number of aromatic nitrogens is 2. The molecule has 0 fully saturated rings. The van der Waals surface area contributed by atoms with Gasteiger partial charge in [-0.05, 0) is 45.7 Å². The van der Waals surface area contributed by atoms with Gasteiger partial charge in [-0.25, -0.2) is 4.68 Å². The number of rotatable bonds is 5. The molecule has 0 bridgehead atoms. The number of nitrogens with one attached hydrogen (secondary N) is 2. The number of aryl methyl sites for hydroxylation is 1. The number of halogens is 1. The van der Waals surface area contributed by atoms with E-state index in [-0.39, 0.29) is 29.5 Å². The number of guanidine groups is 1. The number of hydrogen-bond acceptors (Lipinski definition) is 4. The Bertz CT molecular complexity index is 798. The highest BCUT2D eigenvalue weighted by Gasteiger charge is 2.16. The Morgan fingerprint density at radius 2 is 1.96 bits per heavy atom. The van der Waals surface area contributed by atoms with Crippen molar-refractivity contribution in [3.8, 4) is 11.8 Å². The van der Waals surface area contributed by atoms with E-state index in [1.54, 1.807) is 11.7 Å². The average Bonchev–Trinajstić information content (AvgIpc) is 2.93. The maximum absolute atomic E-state index is 9.44. The Balaban J connectivity index is 0.00000364. The first-order valence-electron chi connectivity index (χ1n) is 8.67. The number of nitrogen functional groups attached to an aromatic ring is 1. The second-order valence-electron chi connectivity index (χ2n) is 7.04. The molecule has 1 heterocycles. The topological polar surface area (TPSA) is 104 Å². The van der Waals surface area contributed by atoms with Crippen molar-refractivity contribution in [2.45, 2.75) is 39.2 Å². The number of nitrogens with zero attached hydrogens (tertiary/aromatic N) is 4. The lowest BCUT2D eigenvalue weighted by Gasteiger charge is -2.23. The van der Waals surface area contributed by atoms with Crippen LogP contribution in [0.4, 0.5) is 5.82 Å². The molecule has 0 radical (unpaired) electrons. The van der Waals surface area contributed by atoms with Crippen molar-refractivity contribution in [1.29, 1.82) is 5.26 Å². The van der Waals surface area contributed by atoms with Crippen molar-refractivity contribution in [2.24, 2.45) is 4.99 Å². The highest BCUT2D eigenvalue weighted by Crippen LogP contribution is 2.21. The zero-order valence-electron chi connectivity index (χ0n) is 16.3. The van der Waals surface area contributed by atoms with Crippen molar-refractivity contribution >= 4 is 35.8 Å². The van der Waals surface area contributed by atoms with Gasteiger partial charge in [0.2, 0.25) is 0 Å². The quantitative estimate of drug-likeness (QED) is 0.264.